The van der Waals surface area contributed by atoms with Gasteiger partial charge in [-0.25, -0.2) is 0 Å². The van der Waals surface area contributed by atoms with E-state index in [4.69, 9.17) is 0 Å². The molecule has 2 fully saturated rings. The van der Waals surface area contributed by atoms with Crippen LogP contribution in [-0.2, 0) is 11.0 Å². The first-order valence-corrected chi connectivity index (χ1v) is 9.47. The number of benzene rings is 1. The minimum Gasteiger partial charge on any atom is -0.339 e. The predicted octanol–water partition coefficient (Wildman–Crippen LogP) is 3.96. The first-order chi connectivity index (χ1) is 12.7. The first kappa shape index (κ1) is 19.7. The quantitative estimate of drug-likeness (QED) is 0.791. The molecule has 0 radical (unpaired) electrons. The number of carbonyl (C=O) groups excluding carboxylic acids is 2. The molecule has 7 heteroatoms. The fraction of sp³-hybridized carbons (Fsp3) is 0.600. The Labute approximate surface area is 157 Å². The van der Waals surface area contributed by atoms with E-state index in [-0.39, 0.29) is 29.3 Å². The van der Waals surface area contributed by atoms with Crippen LogP contribution in [0, 0.1) is 5.92 Å². The lowest BCUT2D eigenvalue weighted by molar-refractivity contribution is -0.139. The summed E-state index contributed by atoms with van der Waals surface area (Å²) in [7, 11) is 0. The van der Waals surface area contributed by atoms with Crippen LogP contribution in [-0.4, -0.2) is 46.8 Å². The summed E-state index contributed by atoms with van der Waals surface area (Å²) in [5.41, 5.74) is -0.522. The van der Waals surface area contributed by atoms with Gasteiger partial charge in [-0.05, 0) is 63.8 Å². The Morgan fingerprint density at radius 2 is 1.59 bits per heavy atom. The van der Waals surface area contributed by atoms with E-state index in [1.807, 2.05) is 18.7 Å². The van der Waals surface area contributed by atoms with Crippen LogP contribution < -0.4 is 0 Å². The van der Waals surface area contributed by atoms with Crippen LogP contribution in [0.3, 0.4) is 0 Å². The summed E-state index contributed by atoms with van der Waals surface area (Å²) in [4.78, 5) is 29.0. The number of hydrogen-bond donors (Lipinski definition) is 0. The molecule has 1 aliphatic heterocycles. The van der Waals surface area contributed by atoms with Gasteiger partial charge in [0, 0.05) is 36.7 Å². The summed E-state index contributed by atoms with van der Waals surface area (Å²) < 4.78 is 37.9. The standard InChI is InChI=1S/C20H25F3N2O2/c1-13(2)25(17-7-8-17)19(27)15-9-11-24(12-10-15)18(26)14-3-5-16(6-4-14)20(21,22)23/h3-6,13,15,17H,7-12H2,1-2H3. The average molecular weight is 382 g/mol. The second kappa shape index (κ2) is 7.52. The summed E-state index contributed by atoms with van der Waals surface area (Å²) >= 11 is 0. The highest BCUT2D eigenvalue weighted by Gasteiger charge is 2.38. The molecule has 2 aliphatic rings. The number of halogens is 3. The van der Waals surface area contributed by atoms with Crippen molar-refractivity contribution in [3.63, 3.8) is 0 Å². The Hall–Kier alpha value is -2.05. The topological polar surface area (TPSA) is 40.6 Å². The average Bonchev–Trinajstić information content (AvgIpc) is 3.45. The van der Waals surface area contributed by atoms with Crippen LogP contribution >= 0.6 is 0 Å². The Morgan fingerprint density at radius 1 is 1.04 bits per heavy atom. The van der Waals surface area contributed by atoms with Crippen molar-refractivity contribution in [1.29, 1.82) is 0 Å². The van der Waals surface area contributed by atoms with Gasteiger partial charge < -0.3 is 9.80 Å². The fourth-order valence-corrected chi connectivity index (χ4v) is 3.73. The highest BCUT2D eigenvalue weighted by molar-refractivity contribution is 5.94. The molecule has 1 saturated heterocycles. The van der Waals surface area contributed by atoms with E-state index in [9.17, 15) is 22.8 Å². The number of piperidine rings is 1. The van der Waals surface area contributed by atoms with Crippen molar-refractivity contribution >= 4 is 11.8 Å². The smallest absolute Gasteiger partial charge is 0.339 e. The molecule has 0 spiro atoms. The molecular formula is C20H25F3N2O2. The van der Waals surface area contributed by atoms with Gasteiger partial charge in [-0.1, -0.05) is 0 Å². The normalized spacial score (nSPS) is 18.7. The molecule has 0 unspecified atom stereocenters. The molecule has 1 aliphatic carbocycles. The minimum absolute atomic E-state index is 0.0790. The summed E-state index contributed by atoms with van der Waals surface area (Å²) in [5.74, 6) is -0.184. The molecule has 3 rings (SSSR count). The Bertz CT molecular complexity index is 686. The molecule has 4 nitrogen and oxygen atoms in total. The van der Waals surface area contributed by atoms with Crippen LogP contribution in [0.15, 0.2) is 24.3 Å². The fourth-order valence-electron chi connectivity index (χ4n) is 3.73. The molecular weight excluding hydrogens is 357 g/mol. The van der Waals surface area contributed by atoms with Gasteiger partial charge in [-0.15, -0.1) is 0 Å². The van der Waals surface area contributed by atoms with Crippen LogP contribution in [0.1, 0.15) is 55.5 Å². The summed E-state index contributed by atoms with van der Waals surface area (Å²) in [6.07, 6.45) is -1.09. The first-order valence-electron chi connectivity index (χ1n) is 9.47. The van der Waals surface area contributed by atoms with E-state index in [0.29, 0.717) is 32.0 Å². The molecule has 0 bridgehead atoms. The maximum Gasteiger partial charge on any atom is 0.416 e. The van der Waals surface area contributed by atoms with Crippen LogP contribution in [0.5, 0.6) is 0 Å². The van der Waals surface area contributed by atoms with Crippen LogP contribution in [0.4, 0.5) is 13.2 Å². The van der Waals surface area contributed by atoms with Crippen molar-refractivity contribution in [3.8, 4) is 0 Å². The lowest BCUT2D eigenvalue weighted by atomic mass is 9.94. The zero-order valence-corrected chi connectivity index (χ0v) is 15.6. The van der Waals surface area contributed by atoms with Gasteiger partial charge >= 0.3 is 6.18 Å². The van der Waals surface area contributed by atoms with E-state index in [1.54, 1.807) is 4.90 Å². The van der Waals surface area contributed by atoms with Crippen molar-refractivity contribution < 1.29 is 22.8 Å². The van der Waals surface area contributed by atoms with Gasteiger partial charge in [0.15, 0.2) is 0 Å². The summed E-state index contributed by atoms with van der Waals surface area (Å²) in [5, 5.41) is 0. The maximum absolute atomic E-state index is 12.8. The van der Waals surface area contributed by atoms with Crippen molar-refractivity contribution in [2.75, 3.05) is 13.1 Å². The third-order valence-electron chi connectivity index (χ3n) is 5.34. The molecule has 1 aromatic carbocycles. The van der Waals surface area contributed by atoms with Gasteiger partial charge in [0.1, 0.15) is 0 Å². The van der Waals surface area contributed by atoms with Crippen molar-refractivity contribution in [1.82, 2.24) is 9.80 Å². The zero-order valence-electron chi connectivity index (χ0n) is 15.6. The predicted molar refractivity (Wildman–Crippen MR) is 95.1 cm³/mol. The number of rotatable bonds is 4. The van der Waals surface area contributed by atoms with Crippen molar-refractivity contribution in [2.24, 2.45) is 5.92 Å². The van der Waals surface area contributed by atoms with E-state index in [2.05, 4.69) is 0 Å². The molecule has 27 heavy (non-hydrogen) atoms. The van der Waals surface area contributed by atoms with E-state index in [0.717, 1.165) is 25.0 Å². The second-order valence-electron chi connectivity index (χ2n) is 7.71. The minimum atomic E-state index is -4.41. The summed E-state index contributed by atoms with van der Waals surface area (Å²) in [6, 6.07) is 4.84. The van der Waals surface area contributed by atoms with Crippen molar-refractivity contribution in [2.45, 2.75) is 57.8 Å². The lowest BCUT2D eigenvalue weighted by Crippen LogP contribution is -2.47. The maximum atomic E-state index is 12.8. The monoisotopic (exact) mass is 382 g/mol. The van der Waals surface area contributed by atoms with Gasteiger partial charge in [-0.2, -0.15) is 13.2 Å². The van der Waals surface area contributed by atoms with Crippen LogP contribution in [0.25, 0.3) is 0 Å². The van der Waals surface area contributed by atoms with Gasteiger partial charge in [-0.3, -0.25) is 9.59 Å². The molecule has 0 atom stereocenters. The lowest BCUT2D eigenvalue weighted by Gasteiger charge is -2.36. The number of nitrogens with zero attached hydrogens (tertiary/aromatic N) is 2. The number of likely N-dealkylation sites (tertiary alicyclic amines) is 1. The number of amides is 2. The molecule has 1 saturated carbocycles. The van der Waals surface area contributed by atoms with Crippen LogP contribution in [0.2, 0.25) is 0 Å². The number of carbonyl (C=O) groups is 2. The highest BCUT2D eigenvalue weighted by Crippen LogP contribution is 2.32. The molecule has 1 heterocycles. The Balaban J connectivity index is 1.58. The zero-order chi connectivity index (χ0) is 19.8. The number of hydrogen-bond acceptors (Lipinski definition) is 2. The van der Waals surface area contributed by atoms with Crippen molar-refractivity contribution in [3.05, 3.63) is 35.4 Å². The molecule has 148 valence electrons. The number of alkyl halides is 3. The largest absolute Gasteiger partial charge is 0.416 e. The third-order valence-corrected chi connectivity index (χ3v) is 5.34. The van der Waals surface area contributed by atoms with Gasteiger partial charge in [0.05, 0.1) is 5.56 Å². The second-order valence-corrected chi connectivity index (χ2v) is 7.71. The Kier molecular flexibility index (Phi) is 5.49. The van der Waals surface area contributed by atoms with E-state index < -0.39 is 11.7 Å². The SMILES string of the molecule is CC(C)N(C(=O)C1CCN(C(=O)c2ccc(C(F)(F)F)cc2)CC1)C1CC1. The molecule has 1 aromatic rings. The third kappa shape index (κ3) is 4.45. The molecule has 0 aromatic heterocycles. The summed E-state index contributed by atoms with van der Waals surface area (Å²) in [6.45, 7) is 4.96. The van der Waals surface area contributed by atoms with Gasteiger partial charge in [0.25, 0.3) is 5.91 Å². The van der Waals surface area contributed by atoms with Gasteiger partial charge in [0.2, 0.25) is 5.91 Å². The van der Waals surface area contributed by atoms with E-state index in [1.165, 1.54) is 12.1 Å². The Morgan fingerprint density at radius 3 is 2.04 bits per heavy atom. The highest BCUT2D eigenvalue weighted by atomic mass is 19.4. The van der Waals surface area contributed by atoms with E-state index >= 15 is 0 Å². The molecule has 0 N–H and O–H groups in total. The molecule has 2 amide bonds.